The van der Waals surface area contributed by atoms with Crippen molar-refractivity contribution in [3.05, 3.63) is 36.5 Å². The van der Waals surface area contributed by atoms with Gasteiger partial charge in [0.2, 0.25) is 15.9 Å². The van der Waals surface area contributed by atoms with E-state index in [1.165, 1.54) is 28.9 Å². The van der Waals surface area contributed by atoms with Crippen LogP contribution in [0.1, 0.15) is 13.8 Å². The van der Waals surface area contributed by atoms with Crippen LogP contribution in [0.4, 0.5) is 0 Å². The van der Waals surface area contributed by atoms with Gasteiger partial charge in [0.15, 0.2) is 0 Å². The molecule has 0 radical (unpaired) electrons. The molecular formula is C17H17N3O5S2. The first-order valence-corrected chi connectivity index (χ1v) is 10.6. The highest BCUT2D eigenvalue weighted by molar-refractivity contribution is 8.01. The van der Waals surface area contributed by atoms with Gasteiger partial charge in [-0.1, -0.05) is 18.2 Å². The zero-order chi connectivity index (χ0) is 19.6. The monoisotopic (exact) mass is 407 g/mol. The third-order valence-electron chi connectivity index (χ3n) is 4.84. The van der Waals surface area contributed by atoms with E-state index in [2.05, 4.69) is 9.71 Å². The van der Waals surface area contributed by atoms with Crippen molar-refractivity contribution >= 4 is 44.6 Å². The van der Waals surface area contributed by atoms with Crippen molar-refractivity contribution in [3.63, 3.8) is 0 Å². The van der Waals surface area contributed by atoms with Crippen molar-refractivity contribution in [2.45, 2.75) is 40.9 Å². The molecule has 4 rings (SSSR count). The van der Waals surface area contributed by atoms with E-state index in [4.69, 9.17) is 0 Å². The second-order valence-corrected chi connectivity index (χ2v) is 10.5. The number of carbonyl (C=O) groups is 2. The van der Waals surface area contributed by atoms with Crippen molar-refractivity contribution in [1.29, 1.82) is 0 Å². The number of benzene rings is 1. The highest BCUT2D eigenvalue weighted by Crippen LogP contribution is 2.51. The molecule has 2 saturated heterocycles. The molecule has 0 spiro atoms. The molecule has 0 saturated carbocycles. The number of thioether (sulfide) groups is 1. The number of sulfonamides is 1. The van der Waals surface area contributed by atoms with Gasteiger partial charge in [0.05, 0.1) is 5.52 Å². The predicted molar refractivity (Wildman–Crippen MR) is 99.6 cm³/mol. The first kappa shape index (κ1) is 18.2. The predicted octanol–water partition coefficient (Wildman–Crippen LogP) is 1.03. The van der Waals surface area contributed by atoms with Crippen LogP contribution < -0.4 is 4.72 Å². The van der Waals surface area contributed by atoms with Crippen LogP contribution in [-0.4, -0.2) is 57.5 Å². The van der Waals surface area contributed by atoms with Crippen LogP contribution >= 0.6 is 11.8 Å². The first-order valence-electron chi connectivity index (χ1n) is 8.22. The van der Waals surface area contributed by atoms with Crippen LogP contribution in [0, 0.1) is 0 Å². The molecule has 142 valence electrons. The van der Waals surface area contributed by atoms with Gasteiger partial charge in [0, 0.05) is 16.3 Å². The molecule has 1 amide bonds. The molecule has 2 aliphatic rings. The quantitative estimate of drug-likeness (QED) is 0.727. The molecule has 2 aliphatic heterocycles. The summed E-state index contributed by atoms with van der Waals surface area (Å²) in [5.74, 6) is -1.62. The number of carbonyl (C=O) groups excluding carboxylic acids is 1. The lowest BCUT2D eigenvalue weighted by Crippen LogP contribution is -2.70. The molecule has 27 heavy (non-hydrogen) atoms. The Bertz CT molecular complexity index is 1060. The van der Waals surface area contributed by atoms with E-state index in [1.807, 2.05) is 0 Å². The van der Waals surface area contributed by atoms with Gasteiger partial charge in [-0.3, -0.25) is 9.78 Å². The molecule has 2 fully saturated rings. The van der Waals surface area contributed by atoms with Crippen LogP contribution in [0.2, 0.25) is 0 Å². The summed E-state index contributed by atoms with van der Waals surface area (Å²) in [5, 5.41) is 9.57. The standard InChI is InChI=1S/C17H17N3O5S2/c1-17(2)13(16(22)23)20-14(21)12(15(20)26-17)19-27(24,25)10-7-3-5-9-6-4-8-18-11(9)10/h3-8,12-13,15,19H,1-2H3,(H,22,23)/t12-,13+,15-/m1/s1. The lowest BCUT2D eigenvalue weighted by molar-refractivity contribution is -0.159. The fourth-order valence-corrected chi connectivity index (χ4v) is 6.73. The number of β-lactam (4-membered cyclic amide) rings is 1. The number of amides is 1. The fraction of sp³-hybridized carbons (Fsp3) is 0.353. The van der Waals surface area contributed by atoms with Crippen molar-refractivity contribution in [2.75, 3.05) is 0 Å². The van der Waals surface area contributed by atoms with Crippen LogP contribution in [0.25, 0.3) is 10.9 Å². The zero-order valence-corrected chi connectivity index (χ0v) is 16.1. The number of aliphatic carboxylic acids is 1. The van der Waals surface area contributed by atoms with Crippen molar-refractivity contribution in [3.8, 4) is 0 Å². The second-order valence-electron chi connectivity index (χ2n) is 7.03. The van der Waals surface area contributed by atoms with Gasteiger partial charge in [-0.05, 0) is 26.0 Å². The molecule has 8 nitrogen and oxygen atoms in total. The van der Waals surface area contributed by atoms with E-state index in [1.54, 1.807) is 38.1 Å². The average Bonchev–Trinajstić information content (AvgIpc) is 2.87. The lowest BCUT2D eigenvalue weighted by atomic mass is 9.96. The van der Waals surface area contributed by atoms with Gasteiger partial charge in [0.1, 0.15) is 22.4 Å². The summed E-state index contributed by atoms with van der Waals surface area (Å²) in [6, 6.07) is 6.28. The highest BCUT2D eigenvalue weighted by Gasteiger charge is 2.64. The Morgan fingerprint density at radius 2 is 2.00 bits per heavy atom. The maximum Gasteiger partial charge on any atom is 0.327 e. The summed E-state index contributed by atoms with van der Waals surface area (Å²) < 4.78 is 27.6. The number of nitrogens with zero attached hydrogens (tertiary/aromatic N) is 2. The lowest BCUT2D eigenvalue weighted by Gasteiger charge is -2.43. The number of fused-ring (bicyclic) bond motifs is 2. The van der Waals surface area contributed by atoms with Crippen molar-refractivity contribution in [2.24, 2.45) is 0 Å². The van der Waals surface area contributed by atoms with E-state index >= 15 is 0 Å². The van der Waals surface area contributed by atoms with Crippen LogP contribution in [0.5, 0.6) is 0 Å². The summed E-state index contributed by atoms with van der Waals surface area (Å²) in [4.78, 5) is 29.5. The Labute approximate surface area is 160 Å². The van der Waals surface area contributed by atoms with Gasteiger partial charge >= 0.3 is 5.97 Å². The number of pyridine rings is 1. The molecule has 1 aromatic heterocycles. The number of aromatic nitrogens is 1. The maximum absolute atomic E-state index is 12.9. The van der Waals surface area contributed by atoms with Gasteiger partial charge in [-0.2, -0.15) is 4.72 Å². The molecule has 1 aromatic carbocycles. The van der Waals surface area contributed by atoms with E-state index < -0.39 is 44.1 Å². The molecule has 2 N–H and O–H groups in total. The van der Waals surface area contributed by atoms with Crippen LogP contribution in [-0.2, 0) is 19.6 Å². The number of hydrogen-bond donors (Lipinski definition) is 2. The summed E-state index contributed by atoms with van der Waals surface area (Å²) in [6.07, 6.45) is 1.50. The minimum atomic E-state index is -4.01. The van der Waals surface area contributed by atoms with Gasteiger partial charge < -0.3 is 10.0 Å². The van der Waals surface area contributed by atoms with Crippen LogP contribution in [0.3, 0.4) is 0 Å². The molecule has 0 unspecified atom stereocenters. The molecule has 2 aromatic rings. The largest absolute Gasteiger partial charge is 0.480 e. The fourth-order valence-electron chi connectivity index (χ4n) is 3.64. The van der Waals surface area contributed by atoms with E-state index in [9.17, 15) is 23.1 Å². The van der Waals surface area contributed by atoms with Crippen molar-refractivity contribution < 1.29 is 23.1 Å². The normalized spacial score (nSPS) is 26.7. The highest BCUT2D eigenvalue weighted by atomic mass is 32.2. The third-order valence-corrected chi connectivity index (χ3v) is 7.89. The van der Waals surface area contributed by atoms with E-state index in [-0.39, 0.29) is 4.90 Å². The van der Waals surface area contributed by atoms with E-state index in [0.29, 0.717) is 10.9 Å². The molecule has 3 heterocycles. The van der Waals surface area contributed by atoms with E-state index in [0.717, 1.165) is 0 Å². The Hall–Kier alpha value is -2.17. The summed E-state index contributed by atoms with van der Waals surface area (Å²) in [7, 11) is -4.01. The Morgan fingerprint density at radius 1 is 1.30 bits per heavy atom. The Morgan fingerprint density at radius 3 is 2.70 bits per heavy atom. The van der Waals surface area contributed by atoms with Crippen molar-refractivity contribution in [1.82, 2.24) is 14.6 Å². The summed E-state index contributed by atoms with van der Waals surface area (Å²) >= 11 is 1.29. The number of nitrogens with one attached hydrogen (secondary N) is 1. The molecular weight excluding hydrogens is 390 g/mol. The number of rotatable bonds is 4. The number of carboxylic acid groups (broad SMARTS) is 1. The SMILES string of the molecule is CC1(C)S[C@@H]2[C@H](NS(=O)(=O)c3cccc4cccnc34)C(=O)N2[C@H]1C(=O)O. The van der Waals surface area contributed by atoms with Crippen LogP contribution in [0.15, 0.2) is 41.4 Å². The average molecular weight is 407 g/mol. The zero-order valence-electron chi connectivity index (χ0n) is 14.5. The molecule has 0 aliphatic carbocycles. The Kier molecular flexibility index (Phi) is 3.99. The smallest absolute Gasteiger partial charge is 0.327 e. The molecule has 0 bridgehead atoms. The number of hydrogen-bond acceptors (Lipinski definition) is 6. The Balaban J connectivity index is 1.65. The second kappa shape index (κ2) is 5.91. The minimum Gasteiger partial charge on any atom is -0.480 e. The topological polar surface area (TPSA) is 117 Å². The maximum atomic E-state index is 12.9. The minimum absolute atomic E-state index is 0.0103. The third kappa shape index (κ3) is 2.70. The number of para-hydroxylation sites is 1. The van der Waals surface area contributed by atoms with Gasteiger partial charge in [-0.25, -0.2) is 13.2 Å². The molecule has 10 heteroatoms. The van der Waals surface area contributed by atoms with Gasteiger partial charge in [-0.15, -0.1) is 11.8 Å². The first-order chi connectivity index (χ1) is 12.6. The molecule has 3 atom stereocenters. The summed E-state index contributed by atoms with van der Waals surface area (Å²) in [5.41, 5.74) is 0.318. The summed E-state index contributed by atoms with van der Waals surface area (Å²) in [6.45, 7) is 3.48. The number of carboxylic acids is 1. The van der Waals surface area contributed by atoms with Gasteiger partial charge in [0.25, 0.3) is 0 Å².